The number of rotatable bonds is 9. The lowest BCUT2D eigenvalue weighted by molar-refractivity contribution is 0.106. The van der Waals surface area contributed by atoms with Gasteiger partial charge >= 0.3 is 0 Å². The Hall–Kier alpha value is 0.200. The first-order chi connectivity index (χ1) is 6.99. The van der Waals surface area contributed by atoms with E-state index in [-0.39, 0.29) is 12.4 Å². The molecule has 0 heterocycles. The van der Waals surface area contributed by atoms with E-state index < -0.39 is 9.05 Å². The third-order valence-electron chi connectivity index (χ3n) is 2.37. The van der Waals surface area contributed by atoms with Crippen LogP contribution < -0.4 is 0 Å². The van der Waals surface area contributed by atoms with Crippen molar-refractivity contribution in [3.63, 3.8) is 0 Å². The molecule has 0 fully saturated rings. The van der Waals surface area contributed by atoms with E-state index in [4.69, 9.17) is 15.4 Å². The molecule has 0 aliphatic heterocycles. The molecule has 0 aromatic heterocycles. The standard InChI is InChI=1S/C10H21ClO3S/c1-3-5-6-10(4-2)9-14-7-8-15(11,12)13/h10H,3-9H2,1-2H3. The van der Waals surface area contributed by atoms with Gasteiger partial charge in [0.2, 0.25) is 9.05 Å². The highest BCUT2D eigenvalue weighted by Crippen LogP contribution is 2.12. The average Bonchev–Trinajstić information content (AvgIpc) is 2.15. The van der Waals surface area contributed by atoms with Gasteiger partial charge < -0.3 is 4.74 Å². The molecule has 0 bridgehead atoms. The van der Waals surface area contributed by atoms with Crippen molar-refractivity contribution < 1.29 is 13.2 Å². The maximum atomic E-state index is 10.6. The minimum atomic E-state index is -3.40. The highest BCUT2D eigenvalue weighted by atomic mass is 35.7. The van der Waals surface area contributed by atoms with Crippen molar-refractivity contribution in [3.05, 3.63) is 0 Å². The second-order valence-electron chi connectivity index (χ2n) is 3.73. The molecule has 1 atom stereocenters. The van der Waals surface area contributed by atoms with Gasteiger partial charge in [0.1, 0.15) is 0 Å². The zero-order chi connectivity index (χ0) is 11.7. The molecular formula is C10H21ClO3S. The zero-order valence-corrected chi connectivity index (χ0v) is 11.1. The maximum absolute atomic E-state index is 10.6. The SMILES string of the molecule is CCCCC(CC)COCCS(=O)(=O)Cl. The van der Waals surface area contributed by atoms with Crippen molar-refractivity contribution in [3.8, 4) is 0 Å². The quantitative estimate of drug-likeness (QED) is 0.471. The fraction of sp³-hybridized carbons (Fsp3) is 1.00. The van der Waals surface area contributed by atoms with Crippen LogP contribution in [0.15, 0.2) is 0 Å². The fourth-order valence-corrected chi connectivity index (χ4v) is 1.81. The van der Waals surface area contributed by atoms with Crippen LogP contribution in [0.3, 0.4) is 0 Å². The molecule has 0 N–H and O–H groups in total. The molecule has 0 rings (SSSR count). The second-order valence-corrected chi connectivity index (χ2v) is 6.63. The lowest BCUT2D eigenvalue weighted by Crippen LogP contribution is -2.13. The van der Waals surface area contributed by atoms with Crippen molar-refractivity contribution in [1.82, 2.24) is 0 Å². The summed E-state index contributed by atoms with van der Waals surface area (Å²) in [5.74, 6) is 0.446. The molecule has 15 heavy (non-hydrogen) atoms. The smallest absolute Gasteiger partial charge is 0.234 e. The van der Waals surface area contributed by atoms with Gasteiger partial charge in [0.05, 0.1) is 12.4 Å². The van der Waals surface area contributed by atoms with Crippen molar-refractivity contribution >= 4 is 19.7 Å². The van der Waals surface area contributed by atoms with E-state index in [0.717, 1.165) is 12.8 Å². The van der Waals surface area contributed by atoms with Gasteiger partial charge in [0, 0.05) is 17.3 Å². The topological polar surface area (TPSA) is 43.4 Å². The summed E-state index contributed by atoms with van der Waals surface area (Å²) in [4.78, 5) is 0. The van der Waals surface area contributed by atoms with Crippen molar-refractivity contribution in [2.75, 3.05) is 19.0 Å². The summed E-state index contributed by atoms with van der Waals surface area (Å²) in [7, 11) is 1.66. The molecule has 1 unspecified atom stereocenters. The lowest BCUT2D eigenvalue weighted by atomic mass is 10.0. The average molecular weight is 257 g/mol. The van der Waals surface area contributed by atoms with Crippen LogP contribution in [0.5, 0.6) is 0 Å². The Labute approximate surface area is 97.6 Å². The molecule has 3 nitrogen and oxygen atoms in total. The molecule has 0 spiro atoms. The molecule has 0 amide bonds. The van der Waals surface area contributed by atoms with Crippen molar-refractivity contribution in [1.29, 1.82) is 0 Å². The van der Waals surface area contributed by atoms with Crippen LogP contribution in [-0.4, -0.2) is 27.4 Å². The van der Waals surface area contributed by atoms with E-state index in [2.05, 4.69) is 13.8 Å². The van der Waals surface area contributed by atoms with Gasteiger partial charge in [-0.25, -0.2) is 8.42 Å². The van der Waals surface area contributed by atoms with E-state index in [0.29, 0.717) is 12.5 Å². The first-order valence-electron chi connectivity index (χ1n) is 5.49. The molecule has 0 radical (unpaired) electrons. The van der Waals surface area contributed by atoms with Crippen LogP contribution in [0.1, 0.15) is 39.5 Å². The van der Waals surface area contributed by atoms with Crippen LogP contribution in [0, 0.1) is 5.92 Å². The Morgan fingerprint density at radius 1 is 1.33 bits per heavy atom. The van der Waals surface area contributed by atoms with Gasteiger partial charge in [-0.3, -0.25) is 0 Å². The Balaban J connectivity index is 3.54. The molecular weight excluding hydrogens is 236 g/mol. The number of hydrogen-bond donors (Lipinski definition) is 0. The van der Waals surface area contributed by atoms with E-state index in [1.54, 1.807) is 0 Å². The van der Waals surface area contributed by atoms with Crippen LogP contribution >= 0.6 is 10.7 Å². The van der Waals surface area contributed by atoms with Gasteiger partial charge in [0.15, 0.2) is 0 Å². The normalized spacial score (nSPS) is 14.1. The van der Waals surface area contributed by atoms with Crippen LogP contribution in [0.4, 0.5) is 0 Å². The van der Waals surface area contributed by atoms with E-state index in [1.165, 1.54) is 12.8 Å². The lowest BCUT2D eigenvalue weighted by Gasteiger charge is -2.14. The fourth-order valence-electron chi connectivity index (χ4n) is 1.31. The summed E-state index contributed by atoms with van der Waals surface area (Å²) in [5.41, 5.74) is 0. The predicted molar refractivity (Wildman–Crippen MR) is 63.8 cm³/mol. The maximum Gasteiger partial charge on any atom is 0.234 e. The molecule has 0 aliphatic rings. The Morgan fingerprint density at radius 3 is 2.47 bits per heavy atom. The van der Waals surface area contributed by atoms with E-state index >= 15 is 0 Å². The van der Waals surface area contributed by atoms with E-state index in [1.807, 2.05) is 0 Å². The van der Waals surface area contributed by atoms with Gasteiger partial charge in [-0.15, -0.1) is 0 Å². The molecule has 0 saturated heterocycles. The second kappa shape index (κ2) is 8.36. The number of unbranched alkanes of at least 4 members (excludes halogenated alkanes) is 1. The Kier molecular flexibility index (Phi) is 8.47. The van der Waals surface area contributed by atoms with Crippen molar-refractivity contribution in [2.45, 2.75) is 39.5 Å². The largest absolute Gasteiger partial charge is 0.380 e. The summed E-state index contributed by atoms with van der Waals surface area (Å²) >= 11 is 0. The summed E-state index contributed by atoms with van der Waals surface area (Å²) in [6.07, 6.45) is 4.62. The highest BCUT2D eigenvalue weighted by Gasteiger charge is 2.08. The van der Waals surface area contributed by atoms with Gasteiger partial charge in [0.25, 0.3) is 0 Å². The van der Waals surface area contributed by atoms with Crippen LogP contribution in [0.2, 0.25) is 0 Å². The third-order valence-corrected chi connectivity index (χ3v) is 3.49. The van der Waals surface area contributed by atoms with Gasteiger partial charge in [-0.2, -0.15) is 0 Å². The Bertz CT molecular complexity index is 239. The van der Waals surface area contributed by atoms with Crippen LogP contribution in [0.25, 0.3) is 0 Å². The first kappa shape index (κ1) is 15.2. The molecule has 0 aromatic rings. The third kappa shape index (κ3) is 10.5. The molecule has 0 saturated carbocycles. The van der Waals surface area contributed by atoms with Crippen LogP contribution in [-0.2, 0) is 13.8 Å². The summed E-state index contributed by atoms with van der Waals surface area (Å²) in [6.45, 7) is 5.13. The number of hydrogen-bond acceptors (Lipinski definition) is 3. The Morgan fingerprint density at radius 2 is 2.00 bits per heavy atom. The number of ether oxygens (including phenoxy) is 1. The minimum Gasteiger partial charge on any atom is -0.380 e. The summed E-state index contributed by atoms with van der Waals surface area (Å²) in [5, 5.41) is 0. The monoisotopic (exact) mass is 256 g/mol. The molecule has 0 aromatic carbocycles. The molecule has 92 valence electrons. The minimum absolute atomic E-state index is 0.0984. The summed E-state index contributed by atoms with van der Waals surface area (Å²) in [6, 6.07) is 0. The summed E-state index contributed by atoms with van der Waals surface area (Å²) < 4.78 is 26.5. The zero-order valence-electron chi connectivity index (χ0n) is 9.54. The molecule has 0 aliphatic carbocycles. The number of halogens is 1. The highest BCUT2D eigenvalue weighted by molar-refractivity contribution is 8.13. The molecule has 5 heteroatoms. The van der Waals surface area contributed by atoms with Crippen molar-refractivity contribution in [2.24, 2.45) is 5.92 Å². The van der Waals surface area contributed by atoms with E-state index in [9.17, 15) is 8.42 Å². The van der Waals surface area contributed by atoms with Gasteiger partial charge in [-0.1, -0.05) is 33.1 Å². The first-order valence-corrected chi connectivity index (χ1v) is 7.97. The van der Waals surface area contributed by atoms with Gasteiger partial charge in [-0.05, 0) is 12.3 Å². The predicted octanol–water partition coefficient (Wildman–Crippen LogP) is 2.79.